The van der Waals surface area contributed by atoms with E-state index in [2.05, 4.69) is 20.8 Å². The van der Waals surface area contributed by atoms with Crippen LogP contribution in [0.4, 0.5) is 0 Å². The first kappa shape index (κ1) is 15.5. The van der Waals surface area contributed by atoms with Crippen LogP contribution in [0, 0.1) is 18.3 Å². The molecule has 0 aliphatic rings. The first-order chi connectivity index (χ1) is 11.2. The first-order valence-electron chi connectivity index (χ1n) is 7.16. The Morgan fingerprint density at radius 2 is 2.04 bits per heavy atom. The molecule has 0 aromatic carbocycles. The summed E-state index contributed by atoms with van der Waals surface area (Å²) in [4.78, 5) is 14.9. The Labute approximate surface area is 136 Å². The Bertz CT molecular complexity index is 898. The van der Waals surface area contributed by atoms with Crippen LogP contribution in [0.3, 0.4) is 0 Å². The number of aliphatic hydroxyl groups is 1. The van der Waals surface area contributed by atoms with Gasteiger partial charge in [0.25, 0.3) is 9.71 Å². The van der Waals surface area contributed by atoms with Crippen molar-refractivity contribution in [2.45, 2.75) is 13.3 Å². The Morgan fingerprint density at radius 3 is 2.65 bits per heavy atom. The maximum absolute atomic E-state index is 9.47. The van der Waals surface area contributed by atoms with Gasteiger partial charge in [0.05, 0.1) is 11.1 Å². The Hall–Kier alpha value is -2.40. The van der Waals surface area contributed by atoms with Crippen molar-refractivity contribution in [3.8, 4) is 17.5 Å². The second kappa shape index (κ2) is 6.38. The van der Waals surface area contributed by atoms with Crippen LogP contribution in [0.15, 0.2) is 24.5 Å². The molecule has 0 spiro atoms. The SMILES string of the molecule is CN[s+]1c(C#N)c(C)c2c(CCO)nc(-c3ccncc3)nc21. The molecule has 3 rings (SSSR count). The highest BCUT2D eigenvalue weighted by Crippen LogP contribution is 2.39. The summed E-state index contributed by atoms with van der Waals surface area (Å²) in [6.07, 6.45) is 3.82. The van der Waals surface area contributed by atoms with Crippen LogP contribution in [-0.2, 0) is 6.42 Å². The quantitative estimate of drug-likeness (QED) is 0.715. The van der Waals surface area contributed by atoms with E-state index in [-0.39, 0.29) is 6.61 Å². The van der Waals surface area contributed by atoms with Crippen molar-refractivity contribution in [1.82, 2.24) is 15.0 Å². The highest BCUT2D eigenvalue weighted by atomic mass is 32.2. The zero-order chi connectivity index (χ0) is 16.4. The second-order valence-electron chi connectivity index (χ2n) is 4.96. The fourth-order valence-corrected chi connectivity index (χ4v) is 4.36. The number of hydrogen-bond donors (Lipinski definition) is 2. The molecule has 0 fully saturated rings. The van der Waals surface area contributed by atoms with Gasteiger partial charge in [0.2, 0.25) is 0 Å². The number of rotatable bonds is 4. The Morgan fingerprint density at radius 1 is 1.30 bits per heavy atom. The van der Waals surface area contributed by atoms with E-state index in [0.717, 1.165) is 27.0 Å². The molecule has 3 aromatic heterocycles. The highest BCUT2D eigenvalue weighted by molar-refractivity contribution is 7.39. The van der Waals surface area contributed by atoms with E-state index >= 15 is 0 Å². The molecular formula is C16H16N5OS+. The summed E-state index contributed by atoms with van der Waals surface area (Å²) in [5, 5.41) is 19.7. The topological polar surface area (TPSA) is 94.7 Å². The van der Waals surface area contributed by atoms with Crippen molar-refractivity contribution in [1.29, 1.82) is 5.26 Å². The van der Waals surface area contributed by atoms with Crippen LogP contribution in [0.2, 0.25) is 0 Å². The van der Waals surface area contributed by atoms with Crippen LogP contribution in [0.25, 0.3) is 21.6 Å². The molecule has 0 saturated heterocycles. The predicted molar refractivity (Wildman–Crippen MR) is 90.8 cm³/mol. The lowest BCUT2D eigenvalue weighted by atomic mass is 10.1. The number of aliphatic hydroxyl groups excluding tert-OH is 1. The zero-order valence-electron chi connectivity index (χ0n) is 12.9. The average molecular weight is 326 g/mol. The molecule has 1 atom stereocenters. The van der Waals surface area contributed by atoms with Crippen molar-refractivity contribution >= 4 is 20.9 Å². The van der Waals surface area contributed by atoms with Gasteiger partial charge in [-0.1, -0.05) is 0 Å². The molecule has 3 heterocycles. The number of hydrogen-bond acceptors (Lipinski definition) is 6. The van der Waals surface area contributed by atoms with Crippen LogP contribution >= 0.6 is 10.7 Å². The number of pyridine rings is 1. The monoisotopic (exact) mass is 326 g/mol. The summed E-state index contributed by atoms with van der Waals surface area (Å²) in [5.74, 6) is 0.592. The average Bonchev–Trinajstić information content (AvgIpc) is 2.87. The molecule has 0 aliphatic carbocycles. The van der Waals surface area contributed by atoms with Gasteiger partial charge in [0.15, 0.2) is 11.9 Å². The molecule has 23 heavy (non-hydrogen) atoms. The van der Waals surface area contributed by atoms with E-state index in [4.69, 9.17) is 4.98 Å². The summed E-state index contributed by atoms with van der Waals surface area (Å²) < 4.78 is 3.18. The van der Waals surface area contributed by atoms with Gasteiger partial charge in [-0.2, -0.15) is 10.2 Å². The molecule has 3 aromatic rings. The number of fused-ring (bicyclic) bond motifs is 1. The lowest BCUT2D eigenvalue weighted by molar-refractivity contribution is 0.298. The molecule has 0 saturated carbocycles. The summed E-state index contributed by atoms with van der Waals surface area (Å²) in [5.41, 5.74) is 2.54. The normalized spacial score (nSPS) is 11.7. The van der Waals surface area contributed by atoms with Gasteiger partial charge in [-0.05, 0) is 19.1 Å². The van der Waals surface area contributed by atoms with Crippen molar-refractivity contribution in [3.63, 3.8) is 0 Å². The maximum atomic E-state index is 9.47. The van der Waals surface area contributed by atoms with Gasteiger partial charge in [-0.15, -0.1) is 4.72 Å². The number of nitriles is 1. The lowest BCUT2D eigenvalue weighted by Gasteiger charge is -2.04. The minimum atomic E-state index is -0.555. The molecule has 0 aliphatic heterocycles. The van der Waals surface area contributed by atoms with Gasteiger partial charge in [0, 0.05) is 43.6 Å². The second-order valence-corrected chi connectivity index (χ2v) is 6.78. The number of nitrogens with one attached hydrogen (secondary N) is 1. The third-order valence-electron chi connectivity index (χ3n) is 3.66. The van der Waals surface area contributed by atoms with Gasteiger partial charge in [0.1, 0.15) is 10.7 Å². The molecule has 0 bridgehead atoms. The number of aryl methyl sites for hydroxylation is 1. The van der Waals surface area contributed by atoms with E-state index in [9.17, 15) is 10.4 Å². The molecule has 1 unspecified atom stereocenters. The maximum Gasteiger partial charge on any atom is 0.300 e. The Kier molecular flexibility index (Phi) is 4.30. The fourth-order valence-electron chi connectivity index (χ4n) is 2.62. The molecule has 6 nitrogen and oxygen atoms in total. The minimum absolute atomic E-state index is 0.00172. The van der Waals surface area contributed by atoms with Gasteiger partial charge in [-0.25, -0.2) is 4.98 Å². The number of thiophene rings is 1. The van der Waals surface area contributed by atoms with E-state index in [1.165, 1.54) is 0 Å². The molecule has 0 amide bonds. The zero-order valence-corrected chi connectivity index (χ0v) is 13.7. The molecule has 116 valence electrons. The molecule has 2 N–H and O–H groups in total. The standard InChI is InChI=1S/C16H16N5OS/c1-10-13(9-17)23(18-2)16-14(10)12(5-8-22)20-15(21-16)11-3-6-19-7-4-11/h3-4,6-7,18,22H,5,8H2,1-2H3/q+1. The van der Waals surface area contributed by atoms with E-state index < -0.39 is 10.7 Å². The van der Waals surface area contributed by atoms with Crippen LogP contribution < -0.4 is 4.72 Å². The number of aromatic nitrogens is 3. The summed E-state index contributed by atoms with van der Waals surface area (Å²) >= 11 is 0. The molecular weight excluding hydrogens is 310 g/mol. The predicted octanol–water partition coefficient (Wildman–Crippen LogP) is 2.33. The van der Waals surface area contributed by atoms with E-state index in [1.807, 2.05) is 26.1 Å². The minimum Gasteiger partial charge on any atom is -0.396 e. The smallest absolute Gasteiger partial charge is 0.300 e. The van der Waals surface area contributed by atoms with E-state index in [0.29, 0.717) is 17.1 Å². The fraction of sp³-hybridized carbons (Fsp3) is 0.250. The molecule has 0 radical (unpaired) electrons. The van der Waals surface area contributed by atoms with Gasteiger partial charge >= 0.3 is 0 Å². The van der Waals surface area contributed by atoms with Crippen LogP contribution in [0.5, 0.6) is 0 Å². The lowest BCUT2D eigenvalue weighted by Crippen LogP contribution is -2.00. The third-order valence-corrected chi connectivity index (χ3v) is 5.55. The molecule has 7 heteroatoms. The van der Waals surface area contributed by atoms with Crippen molar-refractivity contribution in [2.75, 3.05) is 18.4 Å². The van der Waals surface area contributed by atoms with Crippen LogP contribution in [-0.4, -0.2) is 33.7 Å². The van der Waals surface area contributed by atoms with E-state index in [1.54, 1.807) is 12.4 Å². The third kappa shape index (κ3) is 2.57. The summed E-state index contributed by atoms with van der Waals surface area (Å²) in [6, 6.07) is 5.98. The van der Waals surface area contributed by atoms with Crippen molar-refractivity contribution < 1.29 is 5.11 Å². The van der Waals surface area contributed by atoms with Gasteiger partial charge in [-0.3, -0.25) is 4.98 Å². The largest absolute Gasteiger partial charge is 0.396 e. The summed E-state index contributed by atoms with van der Waals surface area (Å²) in [6.45, 7) is 1.92. The van der Waals surface area contributed by atoms with Gasteiger partial charge < -0.3 is 5.11 Å². The van der Waals surface area contributed by atoms with Crippen LogP contribution in [0.1, 0.15) is 16.1 Å². The summed E-state index contributed by atoms with van der Waals surface area (Å²) in [7, 11) is 1.27. The number of nitrogens with zero attached hydrogens (tertiary/aromatic N) is 4. The van der Waals surface area contributed by atoms with Crippen molar-refractivity contribution in [2.24, 2.45) is 0 Å². The Balaban J connectivity index is 2.37. The first-order valence-corrected chi connectivity index (χ1v) is 8.39. The van der Waals surface area contributed by atoms with Crippen molar-refractivity contribution in [3.05, 3.63) is 40.7 Å². The highest BCUT2D eigenvalue weighted by Gasteiger charge is 2.29.